The number of hydrogen-bond acceptors (Lipinski definition) is 4. The molecule has 0 rings (SSSR count). The molecule has 41 heavy (non-hydrogen) atoms. The zero-order valence-electron chi connectivity index (χ0n) is 28.0. The summed E-state index contributed by atoms with van der Waals surface area (Å²) in [5.74, 6) is 0. The molecule has 0 fully saturated rings. The summed E-state index contributed by atoms with van der Waals surface area (Å²) in [7, 11) is 0. The number of aliphatic hydroxyl groups excluding tert-OH is 3. The SMILES string of the molecule is C=C(CCCCCCCCCCCCCCCCC)N[C@H](CO)[C@@H](O)[C@H](O)CCCCCCCCCCCCCC. The smallest absolute Gasteiger partial charge is 0.102 e. The van der Waals surface area contributed by atoms with Crippen LogP contribution in [0.1, 0.15) is 200 Å². The summed E-state index contributed by atoms with van der Waals surface area (Å²) in [6, 6.07) is -0.550. The van der Waals surface area contributed by atoms with E-state index in [0.29, 0.717) is 6.42 Å². The Balaban J connectivity index is 3.66. The largest absolute Gasteiger partial charge is 0.394 e. The van der Waals surface area contributed by atoms with Crippen LogP contribution < -0.4 is 5.32 Å². The normalized spacial score (nSPS) is 13.8. The molecule has 0 aliphatic heterocycles. The molecular formula is C37H75NO3. The van der Waals surface area contributed by atoms with Crippen molar-refractivity contribution in [3.63, 3.8) is 0 Å². The lowest BCUT2D eigenvalue weighted by atomic mass is 9.99. The monoisotopic (exact) mass is 582 g/mol. The number of nitrogens with one attached hydrogen (secondary N) is 1. The summed E-state index contributed by atoms with van der Waals surface area (Å²) < 4.78 is 0. The number of hydrogen-bond donors (Lipinski definition) is 4. The number of rotatable bonds is 34. The van der Waals surface area contributed by atoms with Crippen LogP contribution in [0.4, 0.5) is 0 Å². The number of aliphatic hydroxyl groups is 3. The highest BCUT2D eigenvalue weighted by molar-refractivity contribution is 4.96. The van der Waals surface area contributed by atoms with Crippen molar-refractivity contribution in [1.29, 1.82) is 0 Å². The predicted octanol–water partition coefficient (Wildman–Crippen LogP) is 10.5. The second-order valence-electron chi connectivity index (χ2n) is 13.0. The summed E-state index contributed by atoms with van der Waals surface area (Å²) in [4.78, 5) is 0. The molecule has 0 spiro atoms. The second kappa shape index (κ2) is 32.3. The Bertz CT molecular complexity index is 526. The van der Waals surface area contributed by atoms with Crippen molar-refractivity contribution in [3.05, 3.63) is 12.3 Å². The first-order valence-corrected chi connectivity index (χ1v) is 18.5. The molecule has 0 aliphatic carbocycles. The van der Waals surface area contributed by atoms with Crippen LogP contribution in [-0.2, 0) is 0 Å². The van der Waals surface area contributed by atoms with Gasteiger partial charge in [-0.15, -0.1) is 0 Å². The number of allylic oxidation sites excluding steroid dienone is 1. The van der Waals surface area contributed by atoms with Crippen molar-refractivity contribution in [3.8, 4) is 0 Å². The minimum Gasteiger partial charge on any atom is -0.394 e. The van der Waals surface area contributed by atoms with Crippen LogP contribution in [0.15, 0.2) is 12.3 Å². The van der Waals surface area contributed by atoms with Gasteiger partial charge < -0.3 is 20.6 Å². The van der Waals surface area contributed by atoms with Crippen LogP contribution in [0.3, 0.4) is 0 Å². The van der Waals surface area contributed by atoms with Crippen LogP contribution in [-0.4, -0.2) is 40.2 Å². The lowest BCUT2D eigenvalue weighted by molar-refractivity contribution is -0.0190. The topological polar surface area (TPSA) is 72.7 Å². The molecule has 0 aliphatic rings. The van der Waals surface area contributed by atoms with Crippen molar-refractivity contribution in [1.82, 2.24) is 5.32 Å². The van der Waals surface area contributed by atoms with Gasteiger partial charge in [0.05, 0.1) is 18.8 Å². The van der Waals surface area contributed by atoms with Crippen LogP contribution in [0.2, 0.25) is 0 Å². The van der Waals surface area contributed by atoms with Gasteiger partial charge in [0.2, 0.25) is 0 Å². The summed E-state index contributed by atoms with van der Waals surface area (Å²) in [5, 5.41) is 34.1. The maximum absolute atomic E-state index is 10.6. The van der Waals surface area contributed by atoms with Crippen LogP contribution in [0.5, 0.6) is 0 Å². The lowest BCUT2D eigenvalue weighted by Crippen LogP contribution is -2.48. The quantitative estimate of drug-likeness (QED) is 0.0570. The fraction of sp³-hybridized carbons (Fsp3) is 0.946. The maximum atomic E-state index is 10.6. The standard InChI is InChI=1S/C37H75NO3/c1-4-6-8-10-12-14-16-18-19-20-21-23-25-27-29-31-34(3)38-35(33-39)37(41)36(40)32-30-28-26-24-22-17-15-13-11-9-7-5-2/h35-41H,3-33H2,1-2H3/t35-,36-,37-/m1/s1. The van der Waals surface area contributed by atoms with Crippen molar-refractivity contribution >= 4 is 0 Å². The summed E-state index contributed by atoms with van der Waals surface area (Å²) >= 11 is 0. The first kappa shape index (κ1) is 40.4. The van der Waals surface area contributed by atoms with E-state index in [4.69, 9.17) is 0 Å². The average Bonchev–Trinajstić information content (AvgIpc) is 2.97. The van der Waals surface area contributed by atoms with Gasteiger partial charge in [0.15, 0.2) is 0 Å². The van der Waals surface area contributed by atoms with Crippen LogP contribution >= 0.6 is 0 Å². The molecule has 0 heterocycles. The fourth-order valence-electron chi connectivity index (χ4n) is 5.92. The third-order valence-corrected chi connectivity index (χ3v) is 8.83. The Morgan fingerprint density at radius 3 is 1.17 bits per heavy atom. The van der Waals surface area contributed by atoms with E-state index in [-0.39, 0.29) is 6.61 Å². The predicted molar refractivity (Wildman–Crippen MR) is 180 cm³/mol. The third-order valence-electron chi connectivity index (χ3n) is 8.83. The molecule has 4 N–H and O–H groups in total. The van der Waals surface area contributed by atoms with Gasteiger partial charge >= 0.3 is 0 Å². The Morgan fingerprint density at radius 2 is 0.829 bits per heavy atom. The van der Waals surface area contributed by atoms with Gasteiger partial charge in [0.1, 0.15) is 6.10 Å². The van der Waals surface area contributed by atoms with Gasteiger partial charge in [-0.05, 0) is 19.3 Å². The minimum atomic E-state index is -0.967. The van der Waals surface area contributed by atoms with Crippen LogP contribution in [0, 0.1) is 0 Å². The summed E-state index contributed by atoms with van der Waals surface area (Å²) in [6.07, 6.45) is 35.3. The highest BCUT2D eigenvalue weighted by atomic mass is 16.3. The van der Waals surface area contributed by atoms with Gasteiger partial charge in [-0.3, -0.25) is 0 Å². The molecule has 0 aromatic carbocycles. The summed E-state index contributed by atoms with van der Waals surface area (Å²) in [5.41, 5.74) is 0.857. The average molecular weight is 582 g/mol. The van der Waals surface area contributed by atoms with E-state index in [9.17, 15) is 15.3 Å². The minimum absolute atomic E-state index is 0.200. The zero-order chi connectivity index (χ0) is 30.2. The highest BCUT2D eigenvalue weighted by Crippen LogP contribution is 2.17. The van der Waals surface area contributed by atoms with E-state index < -0.39 is 18.2 Å². The van der Waals surface area contributed by atoms with Crippen molar-refractivity contribution in [2.75, 3.05) is 6.61 Å². The Labute approximate surface area is 257 Å². The molecule has 0 radical (unpaired) electrons. The molecule has 246 valence electrons. The Hall–Kier alpha value is -0.580. The van der Waals surface area contributed by atoms with E-state index in [2.05, 4.69) is 25.7 Å². The molecule has 3 atom stereocenters. The molecule has 4 nitrogen and oxygen atoms in total. The number of unbranched alkanes of at least 4 members (excludes halogenated alkanes) is 25. The molecule has 0 saturated carbocycles. The highest BCUT2D eigenvalue weighted by Gasteiger charge is 2.25. The van der Waals surface area contributed by atoms with E-state index in [1.165, 1.54) is 154 Å². The van der Waals surface area contributed by atoms with E-state index >= 15 is 0 Å². The maximum Gasteiger partial charge on any atom is 0.102 e. The van der Waals surface area contributed by atoms with Gasteiger partial charge in [0.25, 0.3) is 0 Å². The van der Waals surface area contributed by atoms with E-state index in [0.717, 1.165) is 31.4 Å². The Kier molecular flexibility index (Phi) is 31.9. The second-order valence-corrected chi connectivity index (χ2v) is 13.0. The van der Waals surface area contributed by atoms with Gasteiger partial charge in [-0.25, -0.2) is 0 Å². The van der Waals surface area contributed by atoms with Crippen LogP contribution in [0.25, 0.3) is 0 Å². The molecule has 4 heteroatoms. The molecule has 0 aromatic heterocycles. The first-order chi connectivity index (χ1) is 20.1. The molecular weight excluding hydrogens is 506 g/mol. The van der Waals surface area contributed by atoms with Crippen molar-refractivity contribution < 1.29 is 15.3 Å². The first-order valence-electron chi connectivity index (χ1n) is 18.5. The van der Waals surface area contributed by atoms with Crippen molar-refractivity contribution in [2.24, 2.45) is 0 Å². The summed E-state index contributed by atoms with van der Waals surface area (Å²) in [6.45, 7) is 8.45. The van der Waals surface area contributed by atoms with E-state index in [1.807, 2.05) is 0 Å². The fourth-order valence-corrected chi connectivity index (χ4v) is 5.92. The molecule has 0 aromatic rings. The van der Waals surface area contributed by atoms with Crippen molar-refractivity contribution in [2.45, 2.75) is 218 Å². The molecule has 0 bridgehead atoms. The lowest BCUT2D eigenvalue weighted by Gasteiger charge is -2.28. The zero-order valence-corrected chi connectivity index (χ0v) is 28.0. The molecule has 0 unspecified atom stereocenters. The molecule has 0 saturated heterocycles. The van der Waals surface area contributed by atoms with Gasteiger partial charge in [-0.1, -0.05) is 187 Å². The van der Waals surface area contributed by atoms with Gasteiger partial charge in [0, 0.05) is 5.70 Å². The Morgan fingerprint density at radius 1 is 0.512 bits per heavy atom. The molecule has 0 amide bonds. The third kappa shape index (κ3) is 28.0. The van der Waals surface area contributed by atoms with E-state index in [1.54, 1.807) is 0 Å². The van der Waals surface area contributed by atoms with Gasteiger partial charge in [-0.2, -0.15) is 0 Å².